The molecule has 1 aromatic heterocycles. The average Bonchev–Trinajstić information content (AvgIpc) is 2.66. The molecule has 0 radical (unpaired) electrons. The van der Waals surface area contributed by atoms with Crippen molar-refractivity contribution in [3.8, 4) is 0 Å². The van der Waals surface area contributed by atoms with Crippen molar-refractivity contribution < 1.29 is 9.90 Å². The second kappa shape index (κ2) is 6.06. The Kier molecular flexibility index (Phi) is 4.42. The molecule has 0 aliphatic carbocycles. The van der Waals surface area contributed by atoms with Crippen LogP contribution in [0.2, 0.25) is 0 Å². The van der Waals surface area contributed by atoms with E-state index in [9.17, 15) is 9.90 Å². The van der Waals surface area contributed by atoms with Crippen molar-refractivity contribution in [1.82, 2.24) is 19.8 Å². The van der Waals surface area contributed by atoms with Gasteiger partial charge in [0.05, 0.1) is 30.9 Å². The van der Waals surface area contributed by atoms with Gasteiger partial charge in [0.15, 0.2) is 0 Å². The highest BCUT2D eigenvalue weighted by Gasteiger charge is 2.22. The molecule has 19 heavy (non-hydrogen) atoms. The minimum Gasteiger partial charge on any atom is -0.390 e. The van der Waals surface area contributed by atoms with Gasteiger partial charge < -0.3 is 19.9 Å². The number of imidazole rings is 1. The fourth-order valence-electron chi connectivity index (χ4n) is 2.23. The van der Waals surface area contributed by atoms with E-state index in [-0.39, 0.29) is 18.7 Å². The Bertz CT molecular complexity index is 444. The van der Waals surface area contributed by atoms with Gasteiger partial charge in [-0.3, -0.25) is 0 Å². The lowest BCUT2D eigenvalue weighted by Crippen LogP contribution is -2.43. The summed E-state index contributed by atoms with van der Waals surface area (Å²) in [7, 11) is 0. The Labute approximate surface area is 113 Å². The van der Waals surface area contributed by atoms with Gasteiger partial charge >= 0.3 is 6.03 Å². The van der Waals surface area contributed by atoms with E-state index < -0.39 is 0 Å². The summed E-state index contributed by atoms with van der Waals surface area (Å²) in [6, 6.07) is 0.144. The number of carbonyl (C=O) groups is 1. The summed E-state index contributed by atoms with van der Waals surface area (Å²) < 4.78 is 2.03. The van der Waals surface area contributed by atoms with Gasteiger partial charge in [0.2, 0.25) is 0 Å². The quantitative estimate of drug-likeness (QED) is 0.860. The zero-order valence-electron chi connectivity index (χ0n) is 11.6. The van der Waals surface area contributed by atoms with Gasteiger partial charge in [-0.15, -0.1) is 0 Å². The highest BCUT2D eigenvalue weighted by atomic mass is 16.3. The molecule has 2 heterocycles. The smallest absolute Gasteiger partial charge is 0.317 e. The van der Waals surface area contributed by atoms with Crippen LogP contribution in [0.3, 0.4) is 0 Å². The van der Waals surface area contributed by atoms with Crippen LogP contribution >= 0.6 is 0 Å². The minimum atomic E-state index is -0.0802. The number of fused-ring (bicyclic) bond motifs is 1. The van der Waals surface area contributed by atoms with Crippen LogP contribution in [-0.2, 0) is 19.7 Å². The Hall–Kier alpha value is -1.56. The predicted octanol–water partition coefficient (Wildman–Crippen LogP) is 1.09. The van der Waals surface area contributed by atoms with Gasteiger partial charge in [0.1, 0.15) is 0 Å². The number of hydrogen-bond acceptors (Lipinski definition) is 3. The van der Waals surface area contributed by atoms with Crippen LogP contribution in [0.1, 0.15) is 38.1 Å². The molecule has 1 atom stereocenters. The molecule has 0 unspecified atom stereocenters. The monoisotopic (exact) mass is 266 g/mol. The third-order valence-electron chi connectivity index (χ3n) is 3.62. The Morgan fingerprint density at radius 2 is 2.37 bits per heavy atom. The number of urea groups is 1. The maximum absolute atomic E-state index is 12.2. The van der Waals surface area contributed by atoms with Crippen molar-refractivity contribution in [2.24, 2.45) is 0 Å². The summed E-state index contributed by atoms with van der Waals surface area (Å²) in [5, 5.41) is 12.3. The summed E-state index contributed by atoms with van der Waals surface area (Å²) in [4.78, 5) is 18.2. The maximum atomic E-state index is 12.2. The van der Waals surface area contributed by atoms with Crippen LogP contribution in [0.5, 0.6) is 0 Å². The molecule has 6 nitrogen and oxygen atoms in total. The number of aromatic nitrogens is 2. The number of aryl methyl sites for hydroxylation is 1. The van der Waals surface area contributed by atoms with Crippen LogP contribution in [-0.4, -0.2) is 38.2 Å². The molecular formula is C13H22N4O2. The Balaban J connectivity index is 2.10. The SMILES string of the molecule is CC[C@H](C)NC(=O)N1CCCn2cnc(CO)c2C1. The first kappa shape index (κ1) is 13.9. The molecular weight excluding hydrogens is 244 g/mol. The molecule has 1 aromatic rings. The Morgan fingerprint density at radius 3 is 3.05 bits per heavy atom. The predicted molar refractivity (Wildman–Crippen MR) is 71.5 cm³/mol. The molecule has 1 aliphatic rings. The molecule has 1 aliphatic heterocycles. The largest absolute Gasteiger partial charge is 0.390 e. The molecule has 0 saturated heterocycles. The lowest BCUT2D eigenvalue weighted by Gasteiger charge is -2.23. The van der Waals surface area contributed by atoms with Crippen molar-refractivity contribution in [3.05, 3.63) is 17.7 Å². The van der Waals surface area contributed by atoms with Crippen LogP contribution in [0.4, 0.5) is 4.79 Å². The lowest BCUT2D eigenvalue weighted by molar-refractivity contribution is 0.191. The normalized spacial score (nSPS) is 16.7. The number of nitrogens with one attached hydrogen (secondary N) is 1. The van der Waals surface area contributed by atoms with Gasteiger partial charge in [-0.2, -0.15) is 0 Å². The van der Waals surface area contributed by atoms with Crippen LogP contribution < -0.4 is 5.32 Å². The van der Waals surface area contributed by atoms with E-state index >= 15 is 0 Å². The topological polar surface area (TPSA) is 70.4 Å². The number of aliphatic hydroxyl groups excluding tert-OH is 1. The summed E-state index contributed by atoms with van der Waals surface area (Å²) in [6.07, 6.45) is 3.57. The van der Waals surface area contributed by atoms with Crippen LogP contribution in [0.25, 0.3) is 0 Å². The molecule has 0 fully saturated rings. The van der Waals surface area contributed by atoms with Crippen LogP contribution in [0, 0.1) is 0 Å². The summed E-state index contributed by atoms with van der Waals surface area (Å²) in [5.41, 5.74) is 1.61. The van der Waals surface area contributed by atoms with Gasteiger partial charge in [0, 0.05) is 19.1 Å². The molecule has 0 bridgehead atoms. The van der Waals surface area contributed by atoms with E-state index in [4.69, 9.17) is 0 Å². The van der Waals surface area contributed by atoms with Crippen molar-refractivity contribution in [3.63, 3.8) is 0 Å². The van der Waals surface area contributed by atoms with E-state index in [0.717, 1.165) is 31.6 Å². The van der Waals surface area contributed by atoms with Crippen LogP contribution in [0.15, 0.2) is 6.33 Å². The van der Waals surface area contributed by atoms with E-state index in [1.807, 2.05) is 18.4 Å². The fourth-order valence-corrected chi connectivity index (χ4v) is 2.23. The number of aliphatic hydroxyl groups is 1. The highest BCUT2D eigenvalue weighted by molar-refractivity contribution is 5.74. The van der Waals surface area contributed by atoms with Gasteiger partial charge in [-0.25, -0.2) is 9.78 Å². The molecule has 2 amide bonds. The molecule has 0 saturated carbocycles. The molecule has 0 aromatic carbocycles. The highest BCUT2D eigenvalue weighted by Crippen LogP contribution is 2.16. The first-order chi connectivity index (χ1) is 9.15. The second-order valence-corrected chi connectivity index (χ2v) is 5.02. The number of amides is 2. The van der Waals surface area contributed by atoms with E-state index in [1.165, 1.54) is 0 Å². The standard InChI is InChI=1S/C13H22N4O2/c1-3-10(2)15-13(19)16-5-4-6-17-9-14-11(8-18)12(17)7-16/h9-10,18H,3-8H2,1-2H3,(H,15,19)/t10-/m0/s1. The first-order valence-corrected chi connectivity index (χ1v) is 6.84. The Morgan fingerprint density at radius 1 is 1.58 bits per heavy atom. The molecule has 6 heteroatoms. The first-order valence-electron chi connectivity index (χ1n) is 6.84. The zero-order valence-corrected chi connectivity index (χ0v) is 11.6. The molecule has 2 N–H and O–H groups in total. The fraction of sp³-hybridized carbons (Fsp3) is 0.692. The lowest BCUT2D eigenvalue weighted by atomic mass is 10.2. The third-order valence-corrected chi connectivity index (χ3v) is 3.62. The maximum Gasteiger partial charge on any atom is 0.317 e. The summed E-state index contributed by atoms with van der Waals surface area (Å²) >= 11 is 0. The molecule has 2 rings (SSSR count). The number of nitrogens with zero attached hydrogens (tertiary/aromatic N) is 3. The van der Waals surface area contributed by atoms with Crippen molar-refractivity contribution in [2.75, 3.05) is 6.54 Å². The number of hydrogen-bond donors (Lipinski definition) is 2. The zero-order chi connectivity index (χ0) is 13.8. The van der Waals surface area contributed by atoms with Crippen molar-refractivity contribution in [1.29, 1.82) is 0 Å². The minimum absolute atomic E-state index is 0.0344. The third kappa shape index (κ3) is 3.07. The molecule has 106 valence electrons. The van der Waals surface area contributed by atoms with Crippen molar-refractivity contribution >= 4 is 6.03 Å². The van der Waals surface area contributed by atoms with E-state index in [2.05, 4.69) is 10.3 Å². The van der Waals surface area contributed by atoms with Gasteiger partial charge in [-0.05, 0) is 19.8 Å². The van der Waals surface area contributed by atoms with E-state index in [1.54, 1.807) is 11.2 Å². The number of rotatable bonds is 3. The van der Waals surface area contributed by atoms with E-state index in [0.29, 0.717) is 12.2 Å². The average molecular weight is 266 g/mol. The van der Waals surface area contributed by atoms with Gasteiger partial charge in [-0.1, -0.05) is 6.92 Å². The molecule has 0 spiro atoms. The summed E-state index contributed by atoms with van der Waals surface area (Å²) in [6.45, 7) is 6.05. The summed E-state index contributed by atoms with van der Waals surface area (Å²) in [5.74, 6) is 0. The second-order valence-electron chi connectivity index (χ2n) is 5.02. The van der Waals surface area contributed by atoms with Crippen molar-refractivity contribution in [2.45, 2.75) is 52.4 Å². The van der Waals surface area contributed by atoms with Gasteiger partial charge in [0.25, 0.3) is 0 Å². The number of carbonyl (C=O) groups excluding carboxylic acids is 1.